The number of hydrogen-bond acceptors (Lipinski definition) is 3. The van der Waals surface area contributed by atoms with Crippen LogP contribution in [0.25, 0.3) is 0 Å². The molecule has 0 saturated heterocycles. The van der Waals surface area contributed by atoms with Crippen molar-refractivity contribution in [3.05, 3.63) is 28.8 Å². The standard InChI is InChI=1S/C22H35NO3/c1-8-9-10-23(20(25)26-21(3,4)5)19-13-16-12-18(24)15(2)11-17(16)14-22(19,6)7/h11-12,19,24H,8-10,13-14H2,1-7H3/t19-/m1/s1. The molecule has 0 unspecified atom stereocenters. The summed E-state index contributed by atoms with van der Waals surface area (Å²) in [5.74, 6) is 0.333. The lowest BCUT2D eigenvalue weighted by Crippen LogP contribution is -2.53. The summed E-state index contributed by atoms with van der Waals surface area (Å²) in [5.41, 5.74) is 2.77. The van der Waals surface area contributed by atoms with E-state index >= 15 is 0 Å². The van der Waals surface area contributed by atoms with Crippen LogP contribution >= 0.6 is 0 Å². The zero-order valence-electron chi connectivity index (χ0n) is 17.5. The number of rotatable bonds is 4. The van der Waals surface area contributed by atoms with Crippen molar-refractivity contribution in [2.24, 2.45) is 5.41 Å². The van der Waals surface area contributed by atoms with Crippen molar-refractivity contribution in [3.63, 3.8) is 0 Å². The van der Waals surface area contributed by atoms with E-state index in [0.717, 1.165) is 36.8 Å². The van der Waals surface area contributed by atoms with Gasteiger partial charge in [0.05, 0.1) is 0 Å². The zero-order chi connectivity index (χ0) is 19.7. The molecule has 0 aliphatic heterocycles. The van der Waals surface area contributed by atoms with Crippen molar-refractivity contribution in [2.75, 3.05) is 6.54 Å². The van der Waals surface area contributed by atoms with Crippen LogP contribution in [0.4, 0.5) is 4.79 Å². The Labute approximate surface area is 158 Å². The van der Waals surface area contributed by atoms with Gasteiger partial charge >= 0.3 is 6.09 Å². The third-order valence-corrected chi connectivity index (χ3v) is 5.24. The highest BCUT2D eigenvalue weighted by atomic mass is 16.6. The first-order valence-electron chi connectivity index (χ1n) is 9.75. The second-order valence-corrected chi connectivity index (χ2v) is 9.32. The summed E-state index contributed by atoms with van der Waals surface area (Å²) in [6.07, 6.45) is 3.39. The van der Waals surface area contributed by atoms with E-state index in [1.54, 1.807) is 0 Å². The number of aromatic hydroxyl groups is 1. The zero-order valence-corrected chi connectivity index (χ0v) is 17.5. The molecule has 2 rings (SSSR count). The molecular formula is C22H35NO3. The average Bonchev–Trinajstić information content (AvgIpc) is 2.48. The van der Waals surface area contributed by atoms with Gasteiger partial charge in [0.15, 0.2) is 0 Å². The number of phenols is 1. The minimum Gasteiger partial charge on any atom is -0.508 e. The molecule has 146 valence electrons. The molecule has 1 aromatic rings. The van der Waals surface area contributed by atoms with Crippen LogP contribution < -0.4 is 0 Å². The van der Waals surface area contributed by atoms with E-state index in [4.69, 9.17) is 4.74 Å². The maximum atomic E-state index is 12.9. The Kier molecular flexibility index (Phi) is 5.94. The SMILES string of the molecule is CCCCN(C(=O)OC(C)(C)C)[C@@H]1Cc2cc(O)c(C)cc2CC1(C)C. The average molecular weight is 362 g/mol. The first kappa shape index (κ1) is 20.6. The number of amides is 1. The van der Waals surface area contributed by atoms with Gasteiger partial charge in [0, 0.05) is 12.6 Å². The van der Waals surface area contributed by atoms with Gasteiger partial charge in [0.1, 0.15) is 11.4 Å². The third-order valence-electron chi connectivity index (χ3n) is 5.24. The summed E-state index contributed by atoms with van der Waals surface area (Å²) in [6, 6.07) is 4.02. The number of benzene rings is 1. The van der Waals surface area contributed by atoms with Crippen LogP contribution in [0.3, 0.4) is 0 Å². The lowest BCUT2D eigenvalue weighted by atomic mass is 9.69. The summed E-state index contributed by atoms with van der Waals surface area (Å²) < 4.78 is 5.71. The summed E-state index contributed by atoms with van der Waals surface area (Å²) in [6.45, 7) is 14.9. The van der Waals surface area contributed by atoms with Crippen LogP contribution in [0.5, 0.6) is 5.75 Å². The largest absolute Gasteiger partial charge is 0.508 e. The number of ether oxygens (including phenoxy) is 1. The highest BCUT2D eigenvalue weighted by Gasteiger charge is 2.41. The molecule has 26 heavy (non-hydrogen) atoms. The van der Waals surface area contributed by atoms with Crippen LogP contribution in [0, 0.1) is 12.3 Å². The predicted molar refractivity (Wildman–Crippen MR) is 106 cm³/mol. The van der Waals surface area contributed by atoms with E-state index in [0.29, 0.717) is 12.3 Å². The molecule has 1 aliphatic carbocycles. The Bertz CT molecular complexity index is 658. The Hall–Kier alpha value is -1.71. The van der Waals surface area contributed by atoms with Gasteiger partial charge in [-0.3, -0.25) is 0 Å². The Balaban J connectivity index is 2.36. The van der Waals surface area contributed by atoms with E-state index in [9.17, 15) is 9.90 Å². The van der Waals surface area contributed by atoms with Crippen LogP contribution in [-0.4, -0.2) is 34.3 Å². The van der Waals surface area contributed by atoms with Crippen molar-refractivity contribution in [3.8, 4) is 5.75 Å². The fourth-order valence-corrected chi connectivity index (χ4v) is 3.80. The number of hydrogen-bond donors (Lipinski definition) is 1. The number of nitrogens with zero attached hydrogens (tertiary/aromatic N) is 1. The number of unbranched alkanes of at least 4 members (excludes halogenated alkanes) is 1. The van der Waals surface area contributed by atoms with Gasteiger partial charge < -0.3 is 14.7 Å². The van der Waals surface area contributed by atoms with Gasteiger partial charge in [0.2, 0.25) is 0 Å². The number of carbonyl (C=O) groups excluding carboxylic acids is 1. The van der Waals surface area contributed by atoms with E-state index in [1.165, 1.54) is 5.56 Å². The Morgan fingerprint density at radius 1 is 1.31 bits per heavy atom. The van der Waals surface area contributed by atoms with Crippen molar-refractivity contribution >= 4 is 6.09 Å². The van der Waals surface area contributed by atoms with Gasteiger partial charge in [-0.15, -0.1) is 0 Å². The molecule has 1 aliphatic rings. The predicted octanol–water partition coefficient (Wildman–Crippen LogP) is 5.23. The first-order chi connectivity index (χ1) is 11.9. The minimum absolute atomic E-state index is 0.0542. The van der Waals surface area contributed by atoms with Crippen LogP contribution in [0.2, 0.25) is 0 Å². The number of aryl methyl sites for hydroxylation is 1. The molecule has 1 aromatic carbocycles. The fraction of sp³-hybridized carbons (Fsp3) is 0.682. The van der Waals surface area contributed by atoms with Gasteiger partial charge in [0.25, 0.3) is 0 Å². The lowest BCUT2D eigenvalue weighted by molar-refractivity contribution is -0.00242. The second kappa shape index (κ2) is 7.50. The van der Waals surface area contributed by atoms with Crippen molar-refractivity contribution in [2.45, 2.75) is 85.8 Å². The molecule has 0 saturated carbocycles. The highest BCUT2D eigenvalue weighted by molar-refractivity contribution is 5.69. The molecule has 0 bridgehead atoms. The summed E-state index contributed by atoms with van der Waals surface area (Å²) in [5, 5.41) is 10.1. The monoisotopic (exact) mass is 361 g/mol. The van der Waals surface area contributed by atoms with Crippen molar-refractivity contribution in [1.29, 1.82) is 0 Å². The van der Waals surface area contributed by atoms with Gasteiger partial charge in [-0.2, -0.15) is 0 Å². The second-order valence-electron chi connectivity index (χ2n) is 9.32. The Morgan fingerprint density at radius 3 is 2.54 bits per heavy atom. The van der Waals surface area contributed by atoms with E-state index in [-0.39, 0.29) is 17.6 Å². The molecule has 1 N–H and O–H groups in total. The minimum atomic E-state index is -0.506. The lowest BCUT2D eigenvalue weighted by Gasteiger charge is -2.46. The van der Waals surface area contributed by atoms with Crippen LogP contribution in [0.15, 0.2) is 12.1 Å². The van der Waals surface area contributed by atoms with Gasteiger partial charge in [-0.05, 0) is 75.1 Å². The molecule has 1 amide bonds. The fourth-order valence-electron chi connectivity index (χ4n) is 3.80. The third kappa shape index (κ3) is 4.72. The number of phenolic OH excluding ortho intramolecular Hbond substituents is 1. The van der Waals surface area contributed by atoms with Gasteiger partial charge in [-0.1, -0.05) is 33.3 Å². The first-order valence-corrected chi connectivity index (χ1v) is 9.75. The topological polar surface area (TPSA) is 49.8 Å². The summed E-state index contributed by atoms with van der Waals surface area (Å²) in [7, 11) is 0. The molecular weight excluding hydrogens is 326 g/mol. The molecule has 0 aromatic heterocycles. The maximum Gasteiger partial charge on any atom is 0.410 e. The maximum absolute atomic E-state index is 12.9. The molecule has 0 fully saturated rings. The van der Waals surface area contributed by atoms with Gasteiger partial charge in [-0.25, -0.2) is 4.79 Å². The normalized spacial score (nSPS) is 19.0. The molecule has 0 radical (unpaired) electrons. The molecule has 4 heteroatoms. The molecule has 1 atom stereocenters. The van der Waals surface area contributed by atoms with Crippen LogP contribution in [-0.2, 0) is 17.6 Å². The molecule has 0 spiro atoms. The summed E-state index contributed by atoms with van der Waals surface area (Å²) >= 11 is 0. The number of fused-ring (bicyclic) bond motifs is 1. The molecule has 0 heterocycles. The quantitative estimate of drug-likeness (QED) is 0.799. The Morgan fingerprint density at radius 2 is 1.96 bits per heavy atom. The number of carbonyl (C=O) groups is 1. The van der Waals surface area contributed by atoms with E-state index < -0.39 is 5.60 Å². The van der Waals surface area contributed by atoms with Crippen molar-refractivity contribution in [1.82, 2.24) is 4.90 Å². The van der Waals surface area contributed by atoms with Crippen molar-refractivity contribution < 1.29 is 14.6 Å². The van der Waals surface area contributed by atoms with E-state index in [1.807, 2.05) is 38.7 Å². The summed E-state index contributed by atoms with van der Waals surface area (Å²) in [4.78, 5) is 14.9. The molecule has 4 nitrogen and oxygen atoms in total. The van der Waals surface area contributed by atoms with E-state index in [2.05, 4.69) is 26.8 Å². The smallest absolute Gasteiger partial charge is 0.410 e. The van der Waals surface area contributed by atoms with Crippen LogP contribution in [0.1, 0.15) is 71.1 Å². The highest BCUT2D eigenvalue weighted by Crippen LogP contribution is 2.40.